The van der Waals surface area contributed by atoms with Crippen LogP contribution in [-0.4, -0.2) is 4.98 Å². The number of rotatable bonds is 4. The van der Waals surface area contributed by atoms with Crippen molar-refractivity contribution in [1.82, 2.24) is 4.98 Å². The second kappa shape index (κ2) is 6.37. The molecule has 0 unspecified atom stereocenters. The lowest BCUT2D eigenvalue weighted by molar-refractivity contribution is 0.628. The molecule has 0 radical (unpaired) electrons. The van der Waals surface area contributed by atoms with Crippen molar-refractivity contribution < 1.29 is 4.39 Å². The van der Waals surface area contributed by atoms with Crippen molar-refractivity contribution in [1.29, 1.82) is 0 Å². The molecular weight excluding hydrogens is 351 g/mol. The number of nitrogens with zero attached hydrogens (tertiary/aromatic N) is 1. The zero-order chi connectivity index (χ0) is 14.7. The summed E-state index contributed by atoms with van der Waals surface area (Å²) in [5, 5.41) is 6.19. The molecule has 0 bridgehead atoms. The molecule has 5 heteroatoms. The molecule has 1 N–H and O–H groups in total. The van der Waals surface area contributed by atoms with Gasteiger partial charge >= 0.3 is 0 Å². The van der Waals surface area contributed by atoms with Crippen molar-refractivity contribution >= 4 is 33.0 Å². The number of nitrogens with one attached hydrogen (secondary N) is 1. The van der Waals surface area contributed by atoms with Crippen LogP contribution >= 0.6 is 27.3 Å². The minimum absolute atomic E-state index is 0.259. The molecule has 1 heterocycles. The van der Waals surface area contributed by atoms with Gasteiger partial charge in [-0.15, -0.1) is 11.3 Å². The van der Waals surface area contributed by atoms with Crippen molar-refractivity contribution in [2.24, 2.45) is 0 Å². The van der Waals surface area contributed by atoms with E-state index in [4.69, 9.17) is 0 Å². The van der Waals surface area contributed by atoms with E-state index in [2.05, 4.69) is 26.2 Å². The third kappa shape index (κ3) is 3.49. The van der Waals surface area contributed by atoms with Gasteiger partial charge in [-0.3, -0.25) is 0 Å². The number of hydrogen-bond acceptors (Lipinski definition) is 3. The molecule has 3 aromatic rings. The van der Waals surface area contributed by atoms with Gasteiger partial charge in [0.1, 0.15) is 10.8 Å². The molecule has 0 aliphatic rings. The average molecular weight is 363 g/mol. The first kappa shape index (κ1) is 14.2. The highest BCUT2D eigenvalue weighted by atomic mass is 79.9. The Labute approximate surface area is 134 Å². The molecule has 0 aliphatic heterocycles. The monoisotopic (exact) mass is 362 g/mol. The number of halogens is 2. The maximum atomic E-state index is 13.2. The molecule has 1 aromatic heterocycles. The quantitative estimate of drug-likeness (QED) is 0.678. The maximum absolute atomic E-state index is 13.2. The highest BCUT2D eigenvalue weighted by molar-refractivity contribution is 9.10. The lowest BCUT2D eigenvalue weighted by Gasteiger charge is -2.06. The Morgan fingerprint density at radius 1 is 1.14 bits per heavy atom. The Kier molecular flexibility index (Phi) is 4.31. The van der Waals surface area contributed by atoms with E-state index in [1.54, 1.807) is 17.4 Å². The van der Waals surface area contributed by atoms with E-state index in [0.29, 0.717) is 6.54 Å². The Bertz CT molecular complexity index is 743. The molecular formula is C16H12BrFN2S. The number of benzene rings is 2. The fraction of sp³-hybridized carbons (Fsp3) is 0.0625. The second-order valence-electron chi connectivity index (χ2n) is 4.47. The molecule has 106 valence electrons. The van der Waals surface area contributed by atoms with Gasteiger partial charge in [0, 0.05) is 15.4 Å². The Hall–Kier alpha value is -1.72. The zero-order valence-corrected chi connectivity index (χ0v) is 13.4. The van der Waals surface area contributed by atoms with Gasteiger partial charge < -0.3 is 5.32 Å². The fourth-order valence-electron chi connectivity index (χ4n) is 1.94. The van der Waals surface area contributed by atoms with Crippen LogP contribution in [-0.2, 0) is 6.54 Å². The smallest absolute Gasteiger partial charge is 0.125 e. The van der Waals surface area contributed by atoms with E-state index >= 15 is 0 Å². The minimum atomic E-state index is -0.259. The average Bonchev–Trinajstić information content (AvgIpc) is 2.98. The lowest BCUT2D eigenvalue weighted by Crippen LogP contribution is -2.00. The normalized spacial score (nSPS) is 10.6. The highest BCUT2D eigenvalue weighted by Gasteiger charge is 2.06. The molecule has 0 saturated carbocycles. The van der Waals surface area contributed by atoms with E-state index in [1.165, 1.54) is 12.1 Å². The summed E-state index contributed by atoms with van der Waals surface area (Å²) in [5.41, 5.74) is 2.80. The summed E-state index contributed by atoms with van der Waals surface area (Å²) in [6.45, 7) is 0.569. The van der Waals surface area contributed by atoms with Crippen LogP contribution in [0.4, 0.5) is 10.1 Å². The van der Waals surface area contributed by atoms with Gasteiger partial charge in [0.25, 0.3) is 0 Å². The number of hydrogen-bond donors (Lipinski definition) is 1. The lowest BCUT2D eigenvalue weighted by atomic mass is 10.2. The van der Waals surface area contributed by atoms with Gasteiger partial charge in [-0.1, -0.05) is 30.3 Å². The second-order valence-corrected chi connectivity index (χ2v) is 6.27. The van der Waals surface area contributed by atoms with Crippen LogP contribution in [0.1, 0.15) is 5.01 Å². The van der Waals surface area contributed by atoms with Gasteiger partial charge in [-0.05, 0) is 34.1 Å². The van der Waals surface area contributed by atoms with Crippen LogP contribution in [0.15, 0.2) is 58.4 Å². The molecule has 0 atom stereocenters. The van der Waals surface area contributed by atoms with Crippen molar-refractivity contribution in [3.8, 4) is 11.3 Å². The number of anilines is 1. The van der Waals surface area contributed by atoms with E-state index in [9.17, 15) is 4.39 Å². The molecule has 0 amide bonds. The standard InChI is InChI=1S/C16H12BrFN2S/c17-13-7-6-12(18)8-14(13)19-9-16-20-15(10-21-16)11-4-2-1-3-5-11/h1-8,10,19H,9H2. The summed E-state index contributed by atoms with van der Waals surface area (Å²) in [4.78, 5) is 4.59. The first-order chi connectivity index (χ1) is 10.2. The molecule has 0 saturated heterocycles. The predicted molar refractivity (Wildman–Crippen MR) is 89.0 cm³/mol. The van der Waals surface area contributed by atoms with Crippen molar-refractivity contribution in [3.05, 3.63) is 69.2 Å². The minimum Gasteiger partial charge on any atom is -0.378 e. The molecule has 0 spiro atoms. The summed E-state index contributed by atoms with van der Waals surface area (Å²) < 4.78 is 14.1. The first-order valence-electron chi connectivity index (χ1n) is 6.41. The van der Waals surface area contributed by atoms with Gasteiger partial charge in [0.05, 0.1) is 17.9 Å². The SMILES string of the molecule is Fc1ccc(Br)c(NCc2nc(-c3ccccc3)cs2)c1. The molecule has 2 nitrogen and oxygen atoms in total. The number of thiazole rings is 1. The molecule has 0 fully saturated rings. The van der Waals surface area contributed by atoms with Crippen molar-refractivity contribution in [2.45, 2.75) is 6.54 Å². The highest BCUT2D eigenvalue weighted by Crippen LogP contribution is 2.25. The van der Waals surface area contributed by atoms with Crippen LogP contribution in [0.25, 0.3) is 11.3 Å². The summed E-state index contributed by atoms with van der Waals surface area (Å²) >= 11 is 4.99. The molecule has 0 aliphatic carbocycles. The van der Waals surface area contributed by atoms with Crippen molar-refractivity contribution in [2.75, 3.05) is 5.32 Å². The van der Waals surface area contributed by atoms with Crippen LogP contribution in [0.2, 0.25) is 0 Å². The van der Waals surface area contributed by atoms with Crippen LogP contribution in [0, 0.1) is 5.82 Å². The first-order valence-corrected chi connectivity index (χ1v) is 8.08. The zero-order valence-electron chi connectivity index (χ0n) is 11.0. The summed E-state index contributed by atoms with van der Waals surface area (Å²) in [7, 11) is 0. The van der Waals surface area contributed by atoms with Gasteiger partial charge in [-0.25, -0.2) is 9.37 Å². The fourth-order valence-corrected chi connectivity index (χ4v) is 3.07. The topological polar surface area (TPSA) is 24.9 Å². The van der Waals surface area contributed by atoms with Gasteiger partial charge in [0.2, 0.25) is 0 Å². The van der Waals surface area contributed by atoms with E-state index in [-0.39, 0.29) is 5.82 Å². The largest absolute Gasteiger partial charge is 0.378 e. The van der Waals surface area contributed by atoms with E-state index in [1.807, 2.05) is 35.7 Å². The Morgan fingerprint density at radius 3 is 2.76 bits per heavy atom. The van der Waals surface area contributed by atoms with Crippen LogP contribution < -0.4 is 5.32 Å². The summed E-state index contributed by atoms with van der Waals surface area (Å²) in [6, 6.07) is 14.6. The molecule has 2 aromatic carbocycles. The van der Waals surface area contributed by atoms with E-state index in [0.717, 1.165) is 26.4 Å². The Morgan fingerprint density at radius 2 is 1.95 bits per heavy atom. The summed E-state index contributed by atoms with van der Waals surface area (Å²) in [5.74, 6) is -0.259. The van der Waals surface area contributed by atoms with Crippen LogP contribution in [0.3, 0.4) is 0 Å². The van der Waals surface area contributed by atoms with Crippen molar-refractivity contribution in [3.63, 3.8) is 0 Å². The third-order valence-electron chi connectivity index (χ3n) is 2.98. The van der Waals surface area contributed by atoms with Gasteiger partial charge in [0.15, 0.2) is 0 Å². The third-order valence-corrected chi connectivity index (χ3v) is 4.52. The van der Waals surface area contributed by atoms with Gasteiger partial charge in [-0.2, -0.15) is 0 Å². The molecule has 21 heavy (non-hydrogen) atoms. The predicted octanol–water partition coefficient (Wildman–Crippen LogP) is 5.32. The summed E-state index contributed by atoms with van der Waals surface area (Å²) in [6.07, 6.45) is 0. The van der Waals surface area contributed by atoms with Crippen LogP contribution in [0.5, 0.6) is 0 Å². The number of aromatic nitrogens is 1. The van der Waals surface area contributed by atoms with E-state index < -0.39 is 0 Å². The molecule has 3 rings (SSSR count). The Balaban J connectivity index is 1.72. The maximum Gasteiger partial charge on any atom is 0.125 e.